The molecule has 280 valence electrons. The van der Waals surface area contributed by atoms with E-state index in [4.69, 9.17) is 0 Å². The normalized spacial score (nSPS) is 12.7. The van der Waals surface area contributed by atoms with Crippen molar-refractivity contribution in [2.45, 2.75) is 19.3 Å². The number of benzene rings is 9. The molecule has 0 saturated heterocycles. The highest BCUT2D eigenvalue weighted by Gasteiger charge is 2.36. The highest BCUT2D eigenvalue weighted by Crippen LogP contribution is 2.51. The average molecular weight is 755 g/mol. The van der Waals surface area contributed by atoms with Crippen LogP contribution in [0.25, 0.3) is 72.0 Å². The fourth-order valence-electron chi connectivity index (χ4n) is 9.56. The monoisotopic (exact) mass is 754 g/mol. The van der Waals surface area contributed by atoms with Crippen LogP contribution in [-0.2, 0) is 5.41 Å². The maximum atomic E-state index is 2.45. The van der Waals surface area contributed by atoms with Crippen LogP contribution in [0.1, 0.15) is 25.0 Å². The first kappa shape index (κ1) is 34.8. The minimum atomic E-state index is -0.115. The summed E-state index contributed by atoms with van der Waals surface area (Å²) in [6.07, 6.45) is 0. The van der Waals surface area contributed by atoms with E-state index >= 15 is 0 Å². The van der Waals surface area contributed by atoms with Gasteiger partial charge in [-0.05, 0) is 110 Å². The van der Waals surface area contributed by atoms with Crippen LogP contribution in [0.3, 0.4) is 0 Å². The third-order valence-corrected chi connectivity index (χ3v) is 12.4. The third-order valence-electron chi connectivity index (χ3n) is 12.4. The molecule has 11 rings (SSSR count). The van der Waals surface area contributed by atoms with Gasteiger partial charge >= 0.3 is 0 Å². The van der Waals surface area contributed by atoms with E-state index in [9.17, 15) is 0 Å². The SMILES string of the molecule is CC1(C)c2ccccc2-c2ccc(N(c3ccc(-c4ccccc4)cc3)c3ccc4c(ccc5c4c(-c4ccccc4)c(-c4ccccc4)n5-c4ccccc4)c3)cc21. The van der Waals surface area contributed by atoms with Crippen LogP contribution in [0.2, 0.25) is 0 Å². The number of hydrogen-bond acceptors (Lipinski definition) is 1. The molecular weight excluding hydrogens is 713 g/mol. The molecule has 2 heteroatoms. The van der Waals surface area contributed by atoms with Crippen LogP contribution in [-0.4, -0.2) is 4.57 Å². The third kappa shape index (κ3) is 5.71. The zero-order valence-electron chi connectivity index (χ0n) is 33.2. The lowest BCUT2D eigenvalue weighted by atomic mass is 9.82. The van der Waals surface area contributed by atoms with Crippen LogP contribution in [0, 0.1) is 0 Å². The van der Waals surface area contributed by atoms with Crippen molar-refractivity contribution in [1.29, 1.82) is 0 Å². The topological polar surface area (TPSA) is 8.17 Å². The summed E-state index contributed by atoms with van der Waals surface area (Å²) in [7, 11) is 0. The molecule has 0 atom stereocenters. The zero-order valence-corrected chi connectivity index (χ0v) is 33.2. The molecule has 0 radical (unpaired) electrons. The maximum Gasteiger partial charge on any atom is 0.0619 e. The van der Waals surface area contributed by atoms with E-state index in [0.717, 1.165) is 22.7 Å². The molecule has 0 N–H and O–H groups in total. The van der Waals surface area contributed by atoms with E-state index in [2.05, 4.69) is 242 Å². The van der Waals surface area contributed by atoms with Gasteiger partial charge in [0, 0.05) is 39.1 Å². The Morgan fingerprint density at radius 1 is 0.407 bits per heavy atom. The van der Waals surface area contributed by atoms with Gasteiger partial charge in [-0.3, -0.25) is 0 Å². The Balaban J connectivity index is 1.14. The summed E-state index contributed by atoms with van der Waals surface area (Å²) < 4.78 is 2.45. The van der Waals surface area contributed by atoms with Gasteiger partial charge in [-0.25, -0.2) is 0 Å². The first-order chi connectivity index (χ1) is 29.0. The van der Waals surface area contributed by atoms with Gasteiger partial charge in [0.05, 0.1) is 11.2 Å². The minimum Gasteiger partial charge on any atom is -0.310 e. The lowest BCUT2D eigenvalue weighted by Gasteiger charge is -2.28. The number of hydrogen-bond donors (Lipinski definition) is 0. The molecule has 0 amide bonds. The molecule has 0 bridgehead atoms. The van der Waals surface area contributed by atoms with Crippen LogP contribution in [0.5, 0.6) is 0 Å². The summed E-state index contributed by atoms with van der Waals surface area (Å²) in [5, 5.41) is 3.66. The second kappa shape index (κ2) is 13.9. The second-order valence-electron chi connectivity index (χ2n) is 16.1. The van der Waals surface area contributed by atoms with Gasteiger partial charge in [0.1, 0.15) is 0 Å². The summed E-state index contributed by atoms with van der Waals surface area (Å²) >= 11 is 0. The molecule has 2 nitrogen and oxygen atoms in total. The summed E-state index contributed by atoms with van der Waals surface area (Å²) in [5.74, 6) is 0. The van der Waals surface area contributed by atoms with Crippen molar-refractivity contribution >= 4 is 38.7 Å². The Kier molecular flexibility index (Phi) is 8.20. The fourth-order valence-corrected chi connectivity index (χ4v) is 9.56. The van der Waals surface area contributed by atoms with E-state index in [1.54, 1.807) is 0 Å². The van der Waals surface area contributed by atoms with Gasteiger partial charge in [0.15, 0.2) is 0 Å². The van der Waals surface area contributed by atoms with Crippen molar-refractivity contribution in [3.05, 3.63) is 230 Å². The molecule has 0 saturated carbocycles. The summed E-state index contributed by atoms with van der Waals surface area (Å²) in [4.78, 5) is 2.43. The van der Waals surface area contributed by atoms with Gasteiger partial charge in [0.25, 0.3) is 0 Å². The Hall–Kier alpha value is -7.42. The van der Waals surface area contributed by atoms with E-state index in [0.29, 0.717) is 0 Å². The summed E-state index contributed by atoms with van der Waals surface area (Å²) in [5.41, 5.74) is 18.2. The van der Waals surface area contributed by atoms with Crippen molar-refractivity contribution in [3.63, 3.8) is 0 Å². The molecule has 0 fully saturated rings. The van der Waals surface area contributed by atoms with Gasteiger partial charge in [-0.15, -0.1) is 0 Å². The van der Waals surface area contributed by atoms with Gasteiger partial charge in [0.2, 0.25) is 0 Å². The van der Waals surface area contributed by atoms with Gasteiger partial charge < -0.3 is 9.47 Å². The van der Waals surface area contributed by atoms with Crippen LogP contribution in [0.4, 0.5) is 17.1 Å². The smallest absolute Gasteiger partial charge is 0.0619 e. The molecule has 0 unspecified atom stereocenters. The fraction of sp³-hybridized carbons (Fsp3) is 0.0526. The lowest BCUT2D eigenvalue weighted by molar-refractivity contribution is 0.660. The molecular formula is C57H42N2. The van der Waals surface area contributed by atoms with E-state index < -0.39 is 0 Å². The minimum absolute atomic E-state index is 0.115. The summed E-state index contributed by atoms with van der Waals surface area (Å²) in [6, 6.07) is 79.8. The number of rotatable bonds is 7. The molecule has 9 aromatic carbocycles. The average Bonchev–Trinajstić information content (AvgIpc) is 3.77. The molecule has 1 aliphatic carbocycles. The van der Waals surface area contributed by atoms with Crippen molar-refractivity contribution < 1.29 is 0 Å². The number of nitrogens with zero attached hydrogens (tertiary/aromatic N) is 2. The maximum absolute atomic E-state index is 2.45. The van der Waals surface area contributed by atoms with Crippen molar-refractivity contribution in [2.24, 2.45) is 0 Å². The highest BCUT2D eigenvalue weighted by molar-refractivity contribution is 6.19. The Morgan fingerprint density at radius 3 is 1.66 bits per heavy atom. The quantitative estimate of drug-likeness (QED) is 0.157. The lowest BCUT2D eigenvalue weighted by Crippen LogP contribution is -2.16. The molecule has 10 aromatic rings. The molecule has 59 heavy (non-hydrogen) atoms. The number of aromatic nitrogens is 1. The van der Waals surface area contributed by atoms with Gasteiger partial charge in [-0.1, -0.05) is 178 Å². The predicted octanol–water partition coefficient (Wildman–Crippen LogP) is 15.6. The van der Waals surface area contributed by atoms with E-state index in [1.165, 1.54) is 77.4 Å². The largest absolute Gasteiger partial charge is 0.310 e. The highest BCUT2D eigenvalue weighted by atomic mass is 15.1. The predicted molar refractivity (Wildman–Crippen MR) is 249 cm³/mol. The van der Waals surface area contributed by atoms with Crippen LogP contribution < -0.4 is 4.90 Å². The zero-order chi connectivity index (χ0) is 39.5. The Labute approximate surface area is 345 Å². The first-order valence-corrected chi connectivity index (χ1v) is 20.5. The van der Waals surface area contributed by atoms with E-state index in [1.807, 2.05) is 0 Å². The van der Waals surface area contributed by atoms with Gasteiger partial charge in [-0.2, -0.15) is 0 Å². The molecule has 0 spiro atoms. The van der Waals surface area contributed by atoms with Crippen molar-refractivity contribution in [3.8, 4) is 50.3 Å². The molecule has 0 aliphatic heterocycles. The molecule has 1 aliphatic rings. The molecule has 1 heterocycles. The van der Waals surface area contributed by atoms with Crippen LogP contribution >= 0.6 is 0 Å². The molecule has 1 aromatic heterocycles. The van der Waals surface area contributed by atoms with Crippen molar-refractivity contribution in [1.82, 2.24) is 4.57 Å². The number of para-hydroxylation sites is 1. The standard InChI is InChI=1S/C57H42N2/c1-57(2)51-26-16-15-25-49(51)50-35-33-47(38-52(50)57)58(45-30-27-40(28-31-45)39-17-7-3-8-18-39)46-32-34-48-43(37-46)29-36-53-55(48)54(41-19-9-4-10-20-41)56(42-21-11-5-12-22-42)59(53)44-23-13-6-14-24-44/h3-38H,1-2H3. The Bertz CT molecular complexity index is 3140. The number of anilines is 3. The van der Waals surface area contributed by atoms with Crippen molar-refractivity contribution in [2.75, 3.05) is 4.90 Å². The van der Waals surface area contributed by atoms with E-state index in [-0.39, 0.29) is 5.41 Å². The van der Waals surface area contributed by atoms with Crippen LogP contribution in [0.15, 0.2) is 218 Å². The Morgan fingerprint density at radius 2 is 0.949 bits per heavy atom. The summed E-state index contributed by atoms with van der Waals surface area (Å²) in [6.45, 7) is 4.72. The first-order valence-electron chi connectivity index (χ1n) is 20.5. The number of fused-ring (bicyclic) bond motifs is 6. The second-order valence-corrected chi connectivity index (χ2v) is 16.1.